The molecule has 2 aromatic heterocycles. The molecule has 5 nitrogen and oxygen atoms in total. The molecule has 0 fully saturated rings. The molecule has 144 valence electrons. The van der Waals surface area contributed by atoms with Crippen LogP contribution in [0.5, 0.6) is 0 Å². The van der Waals surface area contributed by atoms with Crippen LogP contribution in [0.3, 0.4) is 0 Å². The zero-order valence-electron chi connectivity index (χ0n) is 15.8. The maximum absolute atomic E-state index is 12.5. The molecule has 4 rings (SSSR count). The van der Waals surface area contributed by atoms with E-state index in [4.69, 9.17) is 10.2 Å². The summed E-state index contributed by atoms with van der Waals surface area (Å²) in [5, 5.41) is 15.6. The summed E-state index contributed by atoms with van der Waals surface area (Å²) in [6.45, 7) is 2.14. The fourth-order valence-corrected chi connectivity index (χ4v) is 4.29. The molecule has 2 heterocycles. The first-order chi connectivity index (χ1) is 14.2. The number of carbonyl (C=O) groups excluding carboxylic acids is 1. The third-order valence-electron chi connectivity index (χ3n) is 4.58. The Bertz CT molecular complexity index is 1180. The number of nitriles is 1. The number of aryl methyl sites for hydroxylation is 1. The van der Waals surface area contributed by atoms with E-state index < -0.39 is 0 Å². The van der Waals surface area contributed by atoms with E-state index in [2.05, 4.69) is 36.5 Å². The van der Waals surface area contributed by atoms with Gasteiger partial charge in [0.25, 0.3) is 0 Å². The van der Waals surface area contributed by atoms with Crippen molar-refractivity contribution in [3.8, 4) is 16.7 Å². The Morgan fingerprint density at radius 3 is 2.66 bits per heavy atom. The SMILES string of the molecule is CCc1ccc(-c2cn3c(CC(=O)Nc4ccc(SC#N)cc4)csc3n2)cc1. The first-order valence-corrected chi connectivity index (χ1v) is 10.9. The molecular formula is C22H18N4OS2. The van der Waals surface area contributed by atoms with E-state index >= 15 is 0 Å². The summed E-state index contributed by atoms with van der Waals surface area (Å²) in [6.07, 6.45) is 3.26. The fourth-order valence-electron chi connectivity index (χ4n) is 3.04. The number of thiocyanates is 1. The molecule has 7 heteroatoms. The minimum absolute atomic E-state index is 0.0899. The number of hydrogen-bond donors (Lipinski definition) is 1. The number of aromatic nitrogens is 2. The fraction of sp³-hybridized carbons (Fsp3) is 0.136. The topological polar surface area (TPSA) is 70.2 Å². The molecule has 2 aromatic carbocycles. The molecule has 29 heavy (non-hydrogen) atoms. The molecule has 0 bridgehead atoms. The van der Waals surface area contributed by atoms with E-state index in [1.165, 1.54) is 16.9 Å². The highest BCUT2D eigenvalue weighted by Gasteiger charge is 2.13. The molecule has 0 atom stereocenters. The van der Waals surface area contributed by atoms with Gasteiger partial charge in [0.2, 0.25) is 5.91 Å². The first kappa shape index (κ1) is 19.2. The number of anilines is 1. The molecule has 0 aliphatic heterocycles. The van der Waals surface area contributed by atoms with Crippen LogP contribution < -0.4 is 5.32 Å². The molecule has 1 amide bonds. The molecule has 0 saturated carbocycles. The monoisotopic (exact) mass is 418 g/mol. The summed E-state index contributed by atoms with van der Waals surface area (Å²) in [4.78, 5) is 18.9. The van der Waals surface area contributed by atoms with Crippen LogP contribution >= 0.6 is 23.1 Å². The van der Waals surface area contributed by atoms with E-state index in [1.807, 2.05) is 33.5 Å². The Balaban J connectivity index is 1.48. The van der Waals surface area contributed by atoms with Gasteiger partial charge in [0.1, 0.15) is 5.40 Å². The van der Waals surface area contributed by atoms with Crippen molar-refractivity contribution in [3.63, 3.8) is 0 Å². The number of thiazole rings is 1. The van der Waals surface area contributed by atoms with Crippen LogP contribution in [0.25, 0.3) is 16.2 Å². The van der Waals surface area contributed by atoms with Crippen molar-refractivity contribution in [2.24, 2.45) is 0 Å². The molecule has 0 spiro atoms. The second kappa shape index (κ2) is 8.52. The highest BCUT2D eigenvalue weighted by Crippen LogP contribution is 2.25. The number of amides is 1. The second-order valence-corrected chi connectivity index (χ2v) is 8.19. The van der Waals surface area contributed by atoms with Crippen LogP contribution in [0.1, 0.15) is 18.2 Å². The van der Waals surface area contributed by atoms with Crippen LogP contribution in [0.15, 0.2) is 65.0 Å². The van der Waals surface area contributed by atoms with Gasteiger partial charge < -0.3 is 5.32 Å². The molecule has 0 aliphatic rings. The number of imidazole rings is 1. The smallest absolute Gasteiger partial charge is 0.230 e. The predicted octanol–water partition coefficient (Wildman–Crippen LogP) is 5.38. The predicted molar refractivity (Wildman–Crippen MR) is 118 cm³/mol. The van der Waals surface area contributed by atoms with Gasteiger partial charge in [0.15, 0.2) is 4.96 Å². The minimum atomic E-state index is -0.0899. The minimum Gasteiger partial charge on any atom is -0.326 e. The Morgan fingerprint density at radius 2 is 1.97 bits per heavy atom. The third kappa shape index (κ3) is 4.34. The number of benzene rings is 2. The van der Waals surface area contributed by atoms with Crippen molar-refractivity contribution in [1.82, 2.24) is 9.38 Å². The lowest BCUT2D eigenvalue weighted by Gasteiger charge is -2.05. The maximum Gasteiger partial charge on any atom is 0.230 e. The molecule has 0 unspecified atom stereocenters. The summed E-state index contributed by atoms with van der Waals surface area (Å²) >= 11 is 2.63. The van der Waals surface area contributed by atoms with E-state index in [0.29, 0.717) is 5.69 Å². The number of carbonyl (C=O) groups is 1. The number of fused-ring (bicyclic) bond motifs is 1. The van der Waals surface area contributed by atoms with Gasteiger partial charge in [-0.2, -0.15) is 5.26 Å². The van der Waals surface area contributed by atoms with E-state index in [1.54, 1.807) is 12.1 Å². The van der Waals surface area contributed by atoms with Crippen LogP contribution in [0, 0.1) is 10.7 Å². The maximum atomic E-state index is 12.5. The number of rotatable bonds is 6. The van der Waals surface area contributed by atoms with Gasteiger partial charge in [-0.05, 0) is 48.0 Å². The summed E-state index contributed by atoms with van der Waals surface area (Å²) in [7, 11) is 0. The summed E-state index contributed by atoms with van der Waals surface area (Å²) in [5.41, 5.74) is 4.90. The Kier molecular flexibility index (Phi) is 5.65. The zero-order valence-corrected chi connectivity index (χ0v) is 17.4. The number of nitrogens with one attached hydrogen (secondary N) is 1. The number of hydrogen-bond acceptors (Lipinski definition) is 5. The van der Waals surface area contributed by atoms with Crippen molar-refractivity contribution in [3.05, 3.63) is 71.4 Å². The van der Waals surface area contributed by atoms with Gasteiger partial charge in [-0.25, -0.2) is 4.98 Å². The van der Waals surface area contributed by atoms with Crippen molar-refractivity contribution >= 4 is 39.7 Å². The average Bonchev–Trinajstić information content (AvgIpc) is 3.32. The van der Waals surface area contributed by atoms with Gasteiger partial charge >= 0.3 is 0 Å². The van der Waals surface area contributed by atoms with Crippen LogP contribution in [-0.4, -0.2) is 15.3 Å². The second-order valence-electron chi connectivity index (χ2n) is 6.50. The largest absolute Gasteiger partial charge is 0.326 e. The Morgan fingerprint density at radius 1 is 1.21 bits per heavy atom. The zero-order chi connectivity index (χ0) is 20.2. The lowest BCUT2D eigenvalue weighted by Crippen LogP contribution is -2.15. The standard InChI is InChI=1S/C22H18N4OS2/c1-2-15-3-5-16(6-4-15)20-12-26-18(13-28-22(26)25-20)11-21(27)24-17-7-9-19(10-8-17)29-14-23/h3-10,12-13H,2,11H2,1H3,(H,24,27). The van der Waals surface area contributed by atoms with Crippen LogP contribution in [0.4, 0.5) is 5.69 Å². The average molecular weight is 419 g/mol. The van der Waals surface area contributed by atoms with E-state index in [0.717, 1.165) is 45.0 Å². The van der Waals surface area contributed by atoms with E-state index in [-0.39, 0.29) is 12.3 Å². The molecule has 4 aromatic rings. The van der Waals surface area contributed by atoms with Gasteiger partial charge in [-0.3, -0.25) is 9.20 Å². The summed E-state index contributed by atoms with van der Waals surface area (Å²) in [5.74, 6) is -0.0899. The quantitative estimate of drug-likeness (QED) is 0.337. The van der Waals surface area contributed by atoms with Gasteiger partial charge in [0, 0.05) is 33.4 Å². The number of nitrogens with zero attached hydrogens (tertiary/aromatic N) is 3. The Hall–Kier alpha value is -3.08. The molecule has 1 N–H and O–H groups in total. The Labute approximate surface area is 177 Å². The van der Waals surface area contributed by atoms with Crippen molar-refractivity contribution in [2.75, 3.05) is 5.32 Å². The highest BCUT2D eigenvalue weighted by molar-refractivity contribution is 8.03. The van der Waals surface area contributed by atoms with E-state index in [9.17, 15) is 4.79 Å². The lowest BCUT2D eigenvalue weighted by atomic mass is 10.1. The normalized spacial score (nSPS) is 10.8. The van der Waals surface area contributed by atoms with Crippen molar-refractivity contribution < 1.29 is 4.79 Å². The lowest BCUT2D eigenvalue weighted by molar-refractivity contribution is -0.115. The molecule has 0 saturated heterocycles. The van der Waals surface area contributed by atoms with Crippen LogP contribution in [0.2, 0.25) is 0 Å². The van der Waals surface area contributed by atoms with Gasteiger partial charge in [-0.1, -0.05) is 31.2 Å². The van der Waals surface area contributed by atoms with Crippen molar-refractivity contribution in [2.45, 2.75) is 24.7 Å². The van der Waals surface area contributed by atoms with Gasteiger partial charge in [-0.15, -0.1) is 11.3 Å². The first-order valence-electron chi connectivity index (χ1n) is 9.17. The van der Waals surface area contributed by atoms with Gasteiger partial charge in [0.05, 0.1) is 12.1 Å². The summed E-state index contributed by atoms with van der Waals surface area (Å²) in [6, 6.07) is 15.7. The third-order valence-corrected chi connectivity index (χ3v) is 6.07. The summed E-state index contributed by atoms with van der Waals surface area (Å²) < 4.78 is 1.99. The molecule has 0 aliphatic carbocycles. The molecule has 0 radical (unpaired) electrons. The van der Waals surface area contributed by atoms with Crippen molar-refractivity contribution in [1.29, 1.82) is 5.26 Å². The number of thioether (sulfide) groups is 1. The highest BCUT2D eigenvalue weighted by atomic mass is 32.2. The van der Waals surface area contributed by atoms with Crippen LogP contribution in [-0.2, 0) is 17.6 Å². The molecular weight excluding hydrogens is 400 g/mol.